The van der Waals surface area contributed by atoms with Crippen LogP contribution in [0.25, 0.3) is 0 Å². The summed E-state index contributed by atoms with van der Waals surface area (Å²) in [5, 5.41) is 2.02. The van der Waals surface area contributed by atoms with Gasteiger partial charge in [0, 0.05) is 6.42 Å². The van der Waals surface area contributed by atoms with E-state index >= 15 is 0 Å². The van der Waals surface area contributed by atoms with E-state index < -0.39 is 24.2 Å². The molecule has 1 aromatic carbocycles. The fourth-order valence-electron chi connectivity index (χ4n) is 1.75. The summed E-state index contributed by atoms with van der Waals surface area (Å²) in [6.07, 6.45) is -2.61. The number of hydrogen-bond acceptors (Lipinski definition) is 3. The third-order valence-electron chi connectivity index (χ3n) is 2.96. The first-order valence-electron chi connectivity index (χ1n) is 6.50. The average molecular weight is 320 g/mol. The molecule has 0 aliphatic carbocycles. The van der Waals surface area contributed by atoms with Gasteiger partial charge in [0.25, 0.3) is 0 Å². The van der Waals surface area contributed by atoms with Crippen molar-refractivity contribution in [2.75, 3.05) is 12.0 Å². The second-order valence-electron chi connectivity index (χ2n) is 4.68. The third kappa shape index (κ3) is 6.39. The summed E-state index contributed by atoms with van der Waals surface area (Å²) in [5.74, 6) is -0.133. The first-order chi connectivity index (χ1) is 9.84. The van der Waals surface area contributed by atoms with Gasteiger partial charge in [0.1, 0.15) is 6.04 Å². The number of nitrogens with one attached hydrogen (secondary N) is 1. The van der Waals surface area contributed by atoms with Crippen LogP contribution in [0.5, 0.6) is 0 Å². The molecule has 1 amide bonds. The van der Waals surface area contributed by atoms with Crippen LogP contribution in [0.4, 0.5) is 13.2 Å². The minimum absolute atomic E-state index is 0.300. The highest BCUT2D eigenvalue weighted by molar-refractivity contribution is 7.98. The zero-order chi connectivity index (χ0) is 15.9. The lowest BCUT2D eigenvalue weighted by molar-refractivity contribution is -0.161. The highest BCUT2D eigenvalue weighted by Gasteiger charge is 2.41. The van der Waals surface area contributed by atoms with E-state index in [9.17, 15) is 18.0 Å². The van der Waals surface area contributed by atoms with Gasteiger partial charge in [-0.1, -0.05) is 30.3 Å². The molecule has 0 aromatic heterocycles. The van der Waals surface area contributed by atoms with Gasteiger partial charge in [-0.25, -0.2) is 0 Å². The second kappa shape index (κ2) is 8.29. The van der Waals surface area contributed by atoms with Crippen LogP contribution >= 0.6 is 11.8 Å². The van der Waals surface area contributed by atoms with Crippen LogP contribution in [0, 0.1) is 0 Å². The van der Waals surface area contributed by atoms with Gasteiger partial charge >= 0.3 is 6.18 Å². The van der Waals surface area contributed by atoms with Crippen molar-refractivity contribution in [1.82, 2.24) is 5.32 Å². The molecule has 118 valence electrons. The van der Waals surface area contributed by atoms with E-state index in [-0.39, 0.29) is 6.42 Å². The van der Waals surface area contributed by atoms with Crippen LogP contribution in [0.1, 0.15) is 12.0 Å². The first kappa shape index (κ1) is 17.8. The molecule has 1 rings (SSSR count). The number of rotatable bonds is 7. The Morgan fingerprint density at radius 2 is 1.95 bits per heavy atom. The molecule has 0 heterocycles. The summed E-state index contributed by atoms with van der Waals surface area (Å²) >= 11 is 1.49. The van der Waals surface area contributed by atoms with Gasteiger partial charge in [0.05, 0.1) is 6.04 Å². The topological polar surface area (TPSA) is 55.1 Å². The molecular formula is C14H19F3N2OS. The minimum Gasteiger partial charge on any atom is -0.343 e. The molecule has 3 N–H and O–H groups in total. The van der Waals surface area contributed by atoms with Crippen molar-refractivity contribution in [3.8, 4) is 0 Å². The molecule has 1 aromatic rings. The smallest absolute Gasteiger partial charge is 0.343 e. The predicted molar refractivity (Wildman–Crippen MR) is 79.1 cm³/mol. The van der Waals surface area contributed by atoms with Crippen molar-refractivity contribution in [1.29, 1.82) is 0 Å². The van der Waals surface area contributed by atoms with E-state index in [0.29, 0.717) is 17.7 Å². The largest absolute Gasteiger partial charge is 0.408 e. The summed E-state index contributed by atoms with van der Waals surface area (Å²) in [6, 6.07) is 5.40. The Hall–Kier alpha value is -1.21. The van der Waals surface area contributed by atoms with Crippen LogP contribution < -0.4 is 11.1 Å². The van der Waals surface area contributed by atoms with Crippen molar-refractivity contribution >= 4 is 17.7 Å². The Balaban J connectivity index is 2.69. The zero-order valence-electron chi connectivity index (χ0n) is 11.7. The number of alkyl halides is 3. The number of nitrogens with two attached hydrogens (primary N) is 1. The maximum absolute atomic E-state index is 13.0. The molecule has 3 nitrogen and oxygen atoms in total. The standard InChI is InChI=1S/C14H19F3N2OS/c1-21-8-7-11(18)13(20)19-12(14(15,16)17)9-10-5-3-2-4-6-10/h2-6,11-12H,7-9,18H2,1H3,(H,19,20)/t11-,12?/m0/s1. The molecule has 0 radical (unpaired) electrons. The van der Waals surface area contributed by atoms with E-state index in [2.05, 4.69) is 0 Å². The van der Waals surface area contributed by atoms with Crippen LogP contribution in [-0.4, -0.2) is 36.2 Å². The second-order valence-corrected chi connectivity index (χ2v) is 5.67. The number of thioether (sulfide) groups is 1. The van der Waals surface area contributed by atoms with Crippen molar-refractivity contribution in [2.45, 2.75) is 31.1 Å². The molecule has 0 spiro atoms. The molecule has 0 saturated carbocycles. The number of carbonyl (C=O) groups is 1. The summed E-state index contributed by atoms with van der Waals surface area (Å²) < 4.78 is 39.1. The number of halogens is 3. The summed E-state index contributed by atoms with van der Waals surface area (Å²) in [7, 11) is 0. The molecule has 7 heteroatoms. The molecule has 0 fully saturated rings. The lowest BCUT2D eigenvalue weighted by Gasteiger charge is -2.23. The van der Waals surface area contributed by atoms with Gasteiger partial charge in [-0.15, -0.1) is 0 Å². The lowest BCUT2D eigenvalue weighted by atomic mass is 10.0. The Kier molecular flexibility index (Phi) is 7.04. The highest BCUT2D eigenvalue weighted by atomic mass is 32.2. The van der Waals surface area contributed by atoms with E-state index in [4.69, 9.17) is 5.73 Å². The Bertz CT molecular complexity index is 440. The zero-order valence-corrected chi connectivity index (χ0v) is 12.5. The van der Waals surface area contributed by atoms with Crippen molar-refractivity contribution < 1.29 is 18.0 Å². The Morgan fingerprint density at radius 3 is 2.48 bits per heavy atom. The summed E-state index contributed by atoms with van der Waals surface area (Å²) in [4.78, 5) is 11.8. The highest BCUT2D eigenvalue weighted by Crippen LogP contribution is 2.23. The maximum atomic E-state index is 13.0. The van der Waals surface area contributed by atoms with Gasteiger partial charge < -0.3 is 11.1 Å². The van der Waals surface area contributed by atoms with E-state index in [1.165, 1.54) is 11.8 Å². The van der Waals surface area contributed by atoms with E-state index in [1.54, 1.807) is 30.3 Å². The third-order valence-corrected chi connectivity index (χ3v) is 3.61. The molecular weight excluding hydrogens is 301 g/mol. The molecule has 0 aliphatic rings. The predicted octanol–water partition coefficient (Wildman–Crippen LogP) is 2.36. The van der Waals surface area contributed by atoms with Crippen LogP contribution in [0.3, 0.4) is 0 Å². The van der Waals surface area contributed by atoms with Gasteiger partial charge in [0.15, 0.2) is 0 Å². The quantitative estimate of drug-likeness (QED) is 0.811. The maximum Gasteiger partial charge on any atom is 0.408 e. The van der Waals surface area contributed by atoms with E-state index in [0.717, 1.165) is 0 Å². The normalized spacial score (nSPS) is 14.5. The number of carbonyl (C=O) groups excluding carboxylic acids is 1. The fraction of sp³-hybridized carbons (Fsp3) is 0.500. The van der Waals surface area contributed by atoms with Crippen molar-refractivity contribution in [3.05, 3.63) is 35.9 Å². The van der Waals surface area contributed by atoms with Gasteiger partial charge in [-0.2, -0.15) is 24.9 Å². The summed E-state index contributed by atoms with van der Waals surface area (Å²) in [5.41, 5.74) is 6.11. The molecule has 2 atom stereocenters. The number of amides is 1. The number of benzene rings is 1. The van der Waals surface area contributed by atoms with Crippen LogP contribution in [0.15, 0.2) is 30.3 Å². The Labute approximate surface area is 126 Å². The van der Waals surface area contributed by atoms with Gasteiger partial charge in [-0.05, 0) is 24.0 Å². The molecule has 0 aliphatic heterocycles. The monoisotopic (exact) mass is 320 g/mol. The van der Waals surface area contributed by atoms with Crippen molar-refractivity contribution in [2.24, 2.45) is 5.73 Å². The summed E-state index contributed by atoms with van der Waals surface area (Å²) in [6.45, 7) is 0. The van der Waals surface area contributed by atoms with Crippen LogP contribution in [0.2, 0.25) is 0 Å². The van der Waals surface area contributed by atoms with E-state index in [1.807, 2.05) is 11.6 Å². The molecule has 0 bridgehead atoms. The first-order valence-corrected chi connectivity index (χ1v) is 7.89. The van der Waals surface area contributed by atoms with Gasteiger partial charge in [0.2, 0.25) is 5.91 Å². The van der Waals surface area contributed by atoms with Gasteiger partial charge in [-0.3, -0.25) is 4.79 Å². The molecule has 0 saturated heterocycles. The minimum atomic E-state index is -4.51. The lowest BCUT2D eigenvalue weighted by Crippen LogP contribution is -2.52. The SMILES string of the molecule is CSCC[C@H](N)C(=O)NC(Cc1ccccc1)C(F)(F)F. The molecule has 1 unspecified atom stereocenters. The Morgan fingerprint density at radius 1 is 1.33 bits per heavy atom. The number of hydrogen-bond donors (Lipinski definition) is 2. The average Bonchev–Trinajstić information content (AvgIpc) is 2.44. The van der Waals surface area contributed by atoms with Crippen LogP contribution in [-0.2, 0) is 11.2 Å². The fourth-order valence-corrected chi connectivity index (χ4v) is 2.24. The van der Waals surface area contributed by atoms with Crippen molar-refractivity contribution in [3.63, 3.8) is 0 Å². The molecule has 21 heavy (non-hydrogen) atoms.